The second-order valence-electron chi connectivity index (χ2n) is 7.23. The number of hydrogen-bond acceptors (Lipinski definition) is 3. The van der Waals surface area contributed by atoms with Crippen LogP contribution in [0.1, 0.15) is 76.6 Å². The molecule has 0 amide bonds. The third-order valence-corrected chi connectivity index (χ3v) is 20.9. The summed E-state index contributed by atoms with van der Waals surface area (Å²) in [6, 6.07) is 5.58. The molecular formula is C21H35N3O2Sn. The van der Waals surface area contributed by atoms with E-state index in [9.17, 15) is 4.79 Å². The van der Waals surface area contributed by atoms with Gasteiger partial charge in [-0.3, -0.25) is 0 Å². The fraction of sp³-hybridized carbons (Fsp3) is 0.667. The molecule has 0 fully saturated rings. The van der Waals surface area contributed by atoms with Gasteiger partial charge in [0.15, 0.2) is 0 Å². The summed E-state index contributed by atoms with van der Waals surface area (Å²) in [6.07, 6.45) is 7.15. The average Bonchev–Trinajstić information content (AvgIpc) is 2.68. The molecule has 0 radical (unpaired) electrons. The fourth-order valence-electron chi connectivity index (χ4n) is 3.76. The van der Waals surface area contributed by atoms with Gasteiger partial charge in [0.2, 0.25) is 0 Å². The normalized spacial score (nSPS) is 11.1. The van der Waals surface area contributed by atoms with E-state index in [4.69, 9.17) is 10.3 Å². The van der Waals surface area contributed by atoms with Crippen molar-refractivity contribution in [3.05, 3.63) is 34.2 Å². The van der Waals surface area contributed by atoms with Crippen LogP contribution in [0.3, 0.4) is 0 Å². The first-order valence-electron chi connectivity index (χ1n) is 10.4. The number of carbonyl (C=O) groups is 1. The Morgan fingerprint density at radius 2 is 1.59 bits per heavy atom. The van der Waals surface area contributed by atoms with Crippen molar-refractivity contribution in [1.29, 1.82) is 0 Å². The fourth-order valence-corrected chi connectivity index (χ4v) is 20.3. The van der Waals surface area contributed by atoms with Gasteiger partial charge < -0.3 is 0 Å². The Bertz CT molecular complexity index is 621. The molecule has 0 spiro atoms. The zero-order valence-electron chi connectivity index (χ0n) is 17.5. The van der Waals surface area contributed by atoms with E-state index in [1.165, 1.54) is 55.4 Å². The Hall–Kier alpha value is -1.20. The molecule has 6 heteroatoms. The van der Waals surface area contributed by atoms with Crippen molar-refractivity contribution in [1.82, 2.24) is 0 Å². The minimum absolute atomic E-state index is 0.284. The van der Waals surface area contributed by atoms with Crippen LogP contribution in [0.5, 0.6) is 0 Å². The Morgan fingerprint density at radius 3 is 2.04 bits per heavy atom. The van der Waals surface area contributed by atoms with E-state index in [2.05, 4.69) is 30.8 Å². The first kappa shape index (κ1) is 23.8. The van der Waals surface area contributed by atoms with Gasteiger partial charge in [-0.2, -0.15) is 0 Å². The standard InChI is InChI=1S/C9H8N3O2.3C4H9.Sn/c1-2-14-9(13)7-3-5-8(6-4-7)11-12-10;3*1-3-4-2;/h3-5H,2H2,1H3;3*1,3-4H2,2H3;. The maximum atomic E-state index is 12.3. The maximum absolute atomic E-state index is 12.3. The van der Waals surface area contributed by atoms with Crippen LogP contribution in [0, 0.1) is 0 Å². The number of rotatable bonds is 13. The Morgan fingerprint density at radius 1 is 1.04 bits per heavy atom. The number of ether oxygens (including phenoxy) is 1. The molecule has 0 unspecified atom stereocenters. The Labute approximate surface area is 168 Å². The predicted octanol–water partition coefficient (Wildman–Crippen LogP) is 6.86. The van der Waals surface area contributed by atoms with E-state index in [-0.39, 0.29) is 5.97 Å². The number of hydrogen-bond donors (Lipinski definition) is 0. The molecule has 0 aliphatic rings. The predicted molar refractivity (Wildman–Crippen MR) is 116 cm³/mol. The van der Waals surface area contributed by atoms with Crippen LogP contribution in [0.2, 0.25) is 13.3 Å². The van der Waals surface area contributed by atoms with Crippen molar-refractivity contribution in [3.63, 3.8) is 0 Å². The van der Waals surface area contributed by atoms with Crippen LogP contribution < -0.4 is 3.58 Å². The molecule has 0 heterocycles. The van der Waals surface area contributed by atoms with Gasteiger partial charge >= 0.3 is 169 Å². The molecule has 1 aromatic carbocycles. The summed E-state index contributed by atoms with van der Waals surface area (Å²) in [6.45, 7) is 8.89. The van der Waals surface area contributed by atoms with Crippen LogP contribution in [0.15, 0.2) is 23.3 Å². The van der Waals surface area contributed by atoms with Crippen molar-refractivity contribution >= 4 is 33.6 Å². The monoisotopic (exact) mass is 481 g/mol. The van der Waals surface area contributed by atoms with E-state index < -0.39 is 18.4 Å². The van der Waals surface area contributed by atoms with Gasteiger partial charge in [0, 0.05) is 0 Å². The number of azide groups is 1. The van der Waals surface area contributed by atoms with Gasteiger partial charge in [0.1, 0.15) is 0 Å². The van der Waals surface area contributed by atoms with Gasteiger partial charge in [-0.1, -0.05) is 0 Å². The molecule has 0 bridgehead atoms. The topological polar surface area (TPSA) is 75.1 Å². The molecule has 27 heavy (non-hydrogen) atoms. The van der Waals surface area contributed by atoms with Gasteiger partial charge in [0.25, 0.3) is 0 Å². The first-order chi connectivity index (χ1) is 13.1. The van der Waals surface area contributed by atoms with Crippen LogP contribution in [-0.2, 0) is 4.74 Å². The summed E-state index contributed by atoms with van der Waals surface area (Å²) in [7, 11) is 0. The van der Waals surface area contributed by atoms with Crippen LogP contribution >= 0.6 is 0 Å². The second-order valence-corrected chi connectivity index (χ2v) is 20.4. The summed E-state index contributed by atoms with van der Waals surface area (Å²) in [5.41, 5.74) is 10.4. The number of carbonyl (C=O) groups excluding carboxylic acids is 1. The van der Waals surface area contributed by atoms with E-state index in [1.807, 2.05) is 19.1 Å². The number of benzene rings is 1. The first-order valence-corrected chi connectivity index (χ1v) is 17.9. The van der Waals surface area contributed by atoms with Gasteiger partial charge in [-0.25, -0.2) is 0 Å². The molecule has 0 N–H and O–H groups in total. The number of esters is 1. The summed E-state index contributed by atoms with van der Waals surface area (Å²) in [5, 5.41) is 4.02. The van der Waals surface area contributed by atoms with Crippen LogP contribution in [0.4, 0.5) is 5.69 Å². The molecule has 1 aromatic rings. The van der Waals surface area contributed by atoms with Crippen LogP contribution in [0.25, 0.3) is 10.4 Å². The summed E-state index contributed by atoms with van der Waals surface area (Å²) >= 11 is -2.82. The van der Waals surface area contributed by atoms with E-state index in [1.54, 1.807) is 6.07 Å². The molecule has 5 nitrogen and oxygen atoms in total. The second kappa shape index (κ2) is 13.1. The SMILES string of the molecule is CCC[CH2][Sn]([CH2]CCC)([CH2]CCC)[c]1cc(C(=O)OCC)ccc1N=[N+]=[N-]. The van der Waals surface area contributed by atoms with Crippen molar-refractivity contribution in [2.24, 2.45) is 5.11 Å². The molecule has 150 valence electrons. The number of nitrogens with zero attached hydrogens (tertiary/aromatic N) is 3. The van der Waals surface area contributed by atoms with Crippen molar-refractivity contribution < 1.29 is 9.53 Å². The van der Waals surface area contributed by atoms with Gasteiger partial charge in [-0.05, 0) is 0 Å². The van der Waals surface area contributed by atoms with Crippen molar-refractivity contribution in [2.75, 3.05) is 6.61 Å². The summed E-state index contributed by atoms with van der Waals surface area (Å²) < 4.78 is 10.2. The van der Waals surface area contributed by atoms with E-state index >= 15 is 0 Å². The molecule has 0 atom stereocenters. The quantitative estimate of drug-likeness (QED) is 0.102. The number of unbranched alkanes of at least 4 members (excludes halogenated alkanes) is 3. The van der Waals surface area contributed by atoms with E-state index in [0.717, 1.165) is 5.69 Å². The molecule has 0 aliphatic heterocycles. The summed E-state index contributed by atoms with van der Waals surface area (Å²) in [5.74, 6) is -0.284. The molecule has 0 aromatic heterocycles. The van der Waals surface area contributed by atoms with Crippen molar-refractivity contribution in [3.8, 4) is 0 Å². The minimum atomic E-state index is -2.82. The Kier molecular flexibility index (Phi) is 11.5. The molecule has 0 saturated heterocycles. The molecule has 1 rings (SSSR count). The third kappa shape index (κ3) is 7.04. The molecule has 0 aliphatic carbocycles. The average molecular weight is 480 g/mol. The van der Waals surface area contributed by atoms with E-state index in [0.29, 0.717) is 12.2 Å². The zero-order chi connectivity index (χ0) is 20.1. The van der Waals surface area contributed by atoms with Gasteiger partial charge in [-0.15, -0.1) is 0 Å². The molecular weight excluding hydrogens is 445 g/mol. The molecule has 0 saturated carbocycles. The van der Waals surface area contributed by atoms with Crippen LogP contribution in [-0.4, -0.2) is 31.0 Å². The summed E-state index contributed by atoms with van der Waals surface area (Å²) in [4.78, 5) is 15.4. The van der Waals surface area contributed by atoms with Gasteiger partial charge in [0.05, 0.1) is 0 Å². The Balaban J connectivity index is 3.54. The third-order valence-electron chi connectivity index (χ3n) is 5.26. The van der Waals surface area contributed by atoms with Crippen molar-refractivity contribution in [2.45, 2.75) is 79.5 Å². The zero-order valence-corrected chi connectivity index (χ0v) is 20.3.